The minimum atomic E-state index is -1.98. The van der Waals surface area contributed by atoms with E-state index in [9.17, 15) is 56.2 Å². The summed E-state index contributed by atoms with van der Waals surface area (Å²) in [6.45, 7) is 1.16. The van der Waals surface area contributed by atoms with Gasteiger partial charge in [0.15, 0.2) is 12.6 Å². The van der Waals surface area contributed by atoms with Crippen molar-refractivity contribution in [1.82, 2.24) is 4.90 Å². The molecule has 0 aromatic carbocycles. The molecule has 2 rings (SSSR count). The standard InChI is InChI=1S/C26H49NO15S2/c1-3-4-5-6-11(2)27(26(43)44)7-12(31)16(33)22(13(32)8-28)41-25-21(38)19(36)23(15(10-30)40-25)42-24-20(37)18(35)17(34)14(9-29)39-24/h11-25,28-38H,3-10H2,1-2H3,(H,43,44)/t11?,12-,13+,14+,15+,16+,17+,18-,19+,20+,21+,22+,23+,24+,25+/m0/s1. The average Bonchev–Trinajstić information content (AvgIpc) is 3.00. The second kappa shape index (κ2) is 18.8. The second-order valence-corrected chi connectivity index (χ2v) is 12.3. The topological polar surface area (TPSA) is 263 Å². The van der Waals surface area contributed by atoms with Crippen LogP contribution < -0.4 is 0 Å². The van der Waals surface area contributed by atoms with Gasteiger partial charge in [-0.15, -0.1) is 12.6 Å². The Bertz CT molecular complexity index is 847. The largest absolute Gasteiger partial charge is 0.394 e. The highest BCUT2D eigenvalue weighted by atomic mass is 32.1. The third-order valence-corrected chi connectivity index (χ3v) is 8.43. The van der Waals surface area contributed by atoms with Crippen LogP contribution in [0.25, 0.3) is 0 Å². The number of unbranched alkanes of at least 4 members (excludes halogenated alkanes) is 2. The number of thiocarbonyl (C=S) groups is 1. The number of aliphatic hydroxyl groups is 11. The van der Waals surface area contributed by atoms with E-state index >= 15 is 0 Å². The van der Waals surface area contributed by atoms with Gasteiger partial charge in [-0.05, 0) is 13.3 Å². The Kier molecular flexibility index (Phi) is 17.1. The van der Waals surface area contributed by atoms with Crippen LogP contribution in [0.3, 0.4) is 0 Å². The van der Waals surface area contributed by atoms with E-state index in [2.05, 4.69) is 19.6 Å². The van der Waals surface area contributed by atoms with Crippen molar-refractivity contribution >= 4 is 29.2 Å². The molecule has 0 aromatic rings. The Morgan fingerprint density at radius 3 is 1.98 bits per heavy atom. The van der Waals surface area contributed by atoms with Gasteiger partial charge in [0.1, 0.15) is 77.6 Å². The average molecular weight is 680 g/mol. The smallest absolute Gasteiger partial charge is 0.187 e. The summed E-state index contributed by atoms with van der Waals surface area (Å²) in [5.74, 6) is 0. The Hall–Kier alpha value is -0.360. The van der Waals surface area contributed by atoms with Gasteiger partial charge in [0, 0.05) is 12.6 Å². The quantitative estimate of drug-likeness (QED) is 0.0393. The van der Waals surface area contributed by atoms with Crippen molar-refractivity contribution in [2.45, 2.75) is 131 Å². The van der Waals surface area contributed by atoms with E-state index in [0.717, 1.165) is 25.7 Å². The summed E-state index contributed by atoms with van der Waals surface area (Å²) >= 11 is 9.43. The number of hydrogen-bond acceptors (Lipinski definition) is 16. The summed E-state index contributed by atoms with van der Waals surface area (Å²) in [5, 5.41) is 113. The lowest BCUT2D eigenvalue weighted by molar-refractivity contribution is -0.367. The molecule has 44 heavy (non-hydrogen) atoms. The molecule has 2 saturated heterocycles. The van der Waals surface area contributed by atoms with Crippen molar-refractivity contribution < 1.29 is 75.1 Å². The van der Waals surface area contributed by atoms with Crippen LogP contribution in [0.1, 0.15) is 39.5 Å². The predicted octanol–water partition coefficient (Wildman–Crippen LogP) is -4.44. The van der Waals surface area contributed by atoms with Crippen LogP contribution in [0, 0.1) is 0 Å². The summed E-state index contributed by atoms with van der Waals surface area (Å²) in [7, 11) is 0. The predicted molar refractivity (Wildman–Crippen MR) is 158 cm³/mol. The van der Waals surface area contributed by atoms with Gasteiger partial charge in [-0.2, -0.15) is 0 Å². The summed E-state index contributed by atoms with van der Waals surface area (Å²) in [4.78, 5) is 1.59. The van der Waals surface area contributed by atoms with Gasteiger partial charge < -0.3 is 80.0 Å². The number of ether oxygens (including phenoxy) is 4. The molecule has 260 valence electrons. The lowest BCUT2D eigenvalue weighted by Gasteiger charge is -2.46. The lowest BCUT2D eigenvalue weighted by atomic mass is 9.96. The first kappa shape index (κ1) is 39.8. The zero-order valence-corrected chi connectivity index (χ0v) is 26.4. The highest BCUT2D eigenvalue weighted by Gasteiger charge is 2.52. The van der Waals surface area contributed by atoms with Gasteiger partial charge in [-0.3, -0.25) is 0 Å². The van der Waals surface area contributed by atoms with E-state index < -0.39 is 106 Å². The molecule has 0 bridgehead atoms. The molecule has 0 aliphatic carbocycles. The highest BCUT2D eigenvalue weighted by molar-refractivity contribution is 8.10. The fraction of sp³-hybridized carbons (Fsp3) is 0.962. The maximum absolute atomic E-state index is 11.0. The number of nitrogens with zero attached hydrogens (tertiary/aromatic N) is 1. The van der Waals surface area contributed by atoms with Gasteiger partial charge >= 0.3 is 0 Å². The Labute approximate surface area is 266 Å². The fourth-order valence-electron chi connectivity index (χ4n) is 5.15. The molecule has 2 fully saturated rings. The summed E-state index contributed by atoms with van der Waals surface area (Å²) in [6, 6.07) is -0.153. The number of hydrogen-bond donors (Lipinski definition) is 12. The Morgan fingerprint density at radius 2 is 1.43 bits per heavy atom. The number of thiol groups is 1. The summed E-state index contributed by atoms with van der Waals surface area (Å²) in [5.41, 5.74) is 0. The van der Waals surface area contributed by atoms with E-state index in [-0.39, 0.29) is 16.9 Å². The van der Waals surface area contributed by atoms with Gasteiger partial charge in [0.05, 0.1) is 19.8 Å². The summed E-state index contributed by atoms with van der Waals surface area (Å²) < 4.78 is 22.0. The van der Waals surface area contributed by atoms with Crippen molar-refractivity contribution in [2.75, 3.05) is 26.4 Å². The monoisotopic (exact) mass is 679 g/mol. The third-order valence-electron chi connectivity index (χ3n) is 7.94. The third kappa shape index (κ3) is 10.1. The van der Waals surface area contributed by atoms with Crippen molar-refractivity contribution in [1.29, 1.82) is 0 Å². The molecule has 11 N–H and O–H groups in total. The van der Waals surface area contributed by atoms with Crippen LogP contribution in [0.4, 0.5) is 0 Å². The molecule has 2 heterocycles. The maximum atomic E-state index is 11.0. The van der Waals surface area contributed by atoms with Crippen LogP contribution in [-0.2, 0) is 18.9 Å². The number of aliphatic hydroxyl groups excluding tert-OH is 11. The van der Waals surface area contributed by atoms with Crippen LogP contribution >= 0.6 is 24.8 Å². The Morgan fingerprint density at radius 1 is 0.841 bits per heavy atom. The van der Waals surface area contributed by atoms with Crippen LogP contribution in [0.5, 0.6) is 0 Å². The molecular weight excluding hydrogens is 630 g/mol. The highest BCUT2D eigenvalue weighted by Crippen LogP contribution is 2.31. The summed E-state index contributed by atoms with van der Waals surface area (Å²) in [6.07, 6.45) is -20.7. The van der Waals surface area contributed by atoms with Crippen molar-refractivity contribution in [3.05, 3.63) is 0 Å². The van der Waals surface area contributed by atoms with E-state index in [1.54, 1.807) is 4.90 Å². The molecule has 0 spiro atoms. The van der Waals surface area contributed by atoms with Gasteiger partial charge in [0.2, 0.25) is 0 Å². The van der Waals surface area contributed by atoms with E-state index in [1.807, 2.05) is 6.92 Å². The van der Waals surface area contributed by atoms with Crippen molar-refractivity contribution in [3.63, 3.8) is 0 Å². The lowest BCUT2D eigenvalue weighted by Crippen LogP contribution is -2.65. The molecule has 1 unspecified atom stereocenters. The Balaban J connectivity index is 2.17. The normalized spacial score (nSPS) is 36.3. The minimum absolute atomic E-state index is 0.153. The van der Waals surface area contributed by atoms with E-state index in [0.29, 0.717) is 0 Å². The van der Waals surface area contributed by atoms with Gasteiger partial charge in [0.25, 0.3) is 0 Å². The molecular formula is C26H49NO15S2. The van der Waals surface area contributed by atoms with Crippen LogP contribution in [-0.4, -0.2) is 184 Å². The van der Waals surface area contributed by atoms with E-state index in [1.165, 1.54) is 0 Å². The maximum Gasteiger partial charge on any atom is 0.187 e. The zero-order valence-electron chi connectivity index (χ0n) is 24.7. The first-order valence-electron chi connectivity index (χ1n) is 14.6. The fourth-order valence-corrected chi connectivity index (χ4v) is 5.68. The SMILES string of the molecule is CCCCCC(C)N(C[C@H](O)[C@@H](O)[C@H](O[C@H]1O[C@H](CO)[C@@H](O[C@H]2O[C@H](CO)[C@@H](O)[C@H](O)[C@H]2O)[C@H](O)[C@H]1O)[C@H](O)CO)C(=S)S. The van der Waals surface area contributed by atoms with Crippen LogP contribution in [0.2, 0.25) is 0 Å². The van der Waals surface area contributed by atoms with Crippen molar-refractivity contribution in [3.8, 4) is 0 Å². The molecule has 16 nitrogen and oxygen atoms in total. The first-order valence-corrected chi connectivity index (χ1v) is 15.5. The van der Waals surface area contributed by atoms with Crippen molar-refractivity contribution in [2.24, 2.45) is 0 Å². The molecule has 2 aliphatic heterocycles. The first-order chi connectivity index (χ1) is 20.7. The molecule has 18 heteroatoms. The van der Waals surface area contributed by atoms with Crippen LogP contribution in [0.15, 0.2) is 0 Å². The molecule has 0 saturated carbocycles. The molecule has 2 aliphatic rings. The van der Waals surface area contributed by atoms with E-state index in [4.69, 9.17) is 31.2 Å². The molecule has 0 radical (unpaired) electrons. The molecule has 0 amide bonds. The zero-order chi connectivity index (χ0) is 33.3. The molecule has 15 atom stereocenters. The molecule has 0 aromatic heterocycles. The number of rotatable bonds is 17. The van der Waals surface area contributed by atoms with Gasteiger partial charge in [-0.1, -0.05) is 38.4 Å². The minimum Gasteiger partial charge on any atom is -0.394 e. The van der Waals surface area contributed by atoms with Gasteiger partial charge in [-0.25, -0.2) is 0 Å². The second-order valence-electron chi connectivity index (χ2n) is 11.2.